The Morgan fingerprint density at radius 1 is 0.917 bits per heavy atom. The molecular formula is C28H22ClN3O4. The number of benzene rings is 3. The van der Waals surface area contributed by atoms with Crippen molar-refractivity contribution in [2.45, 2.75) is 6.42 Å². The number of nitrogens with zero attached hydrogens (tertiary/aromatic N) is 3. The molecule has 0 saturated carbocycles. The molecule has 0 aliphatic carbocycles. The molecule has 3 aromatic carbocycles. The fourth-order valence-electron chi connectivity index (χ4n) is 4.19. The number of amides is 2. The Bertz CT molecular complexity index is 1500. The Morgan fingerprint density at radius 3 is 2.33 bits per heavy atom. The van der Waals surface area contributed by atoms with Gasteiger partial charge in [-0.05, 0) is 66.2 Å². The molecule has 1 aliphatic rings. The summed E-state index contributed by atoms with van der Waals surface area (Å²) in [6.45, 7) is 0.0508. The van der Waals surface area contributed by atoms with Crippen LogP contribution in [-0.4, -0.2) is 30.2 Å². The van der Waals surface area contributed by atoms with E-state index in [1.54, 1.807) is 82.7 Å². The molecule has 1 aliphatic heterocycles. The average Bonchev–Trinajstić information content (AvgIpc) is 2.90. The van der Waals surface area contributed by atoms with Crippen molar-refractivity contribution >= 4 is 34.8 Å². The highest BCUT2D eigenvalue weighted by molar-refractivity contribution is 6.30. The molecule has 2 amide bonds. The summed E-state index contributed by atoms with van der Waals surface area (Å²) in [4.78, 5) is 42.3. The normalized spacial score (nSPS) is 12.9. The first-order chi connectivity index (χ1) is 17.4. The second-order valence-electron chi connectivity index (χ2n) is 8.31. The van der Waals surface area contributed by atoms with Crippen molar-refractivity contribution in [3.8, 4) is 11.4 Å². The van der Waals surface area contributed by atoms with E-state index in [2.05, 4.69) is 0 Å². The third kappa shape index (κ3) is 4.48. The van der Waals surface area contributed by atoms with E-state index in [4.69, 9.17) is 16.3 Å². The van der Waals surface area contributed by atoms with E-state index >= 15 is 0 Å². The van der Waals surface area contributed by atoms with Gasteiger partial charge in [-0.25, -0.2) is 0 Å². The minimum atomic E-state index is -0.246. The predicted octanol–water partition coefficient (Wildman–Crippen LogP) is 4.69. The highest BCUT2D eigenvalue weighted by atomic mass is 35.5. The maximum Gasteiger partial charge on any atom is 0.262 e. The third-order valence-electron chi connectivity index (χ3n) is 6.08. The first kappa shape index (κ1) is 23.4. The standard InChI is InChI=1S/C28H22ClN3O4/c1-36-23-13-14-25-24(17-23)28(35)31(18-32(25)27(34)16-19-5-7-20(29)8-6-19)22-11-9-21(10-12-22)30-15-3-2-4-26(30)33/h2-15,17H,16,18H2,1H3. The van der Waals surface area contributed by atoms with Gasteiger partial charge in [0.25, 0.3) is 11.5 Å². The highest BCUT2D eigenvalue weighted by Gasteiger charge is 2.33. The molecule has 2 heterocycles. The Hall–Kier alpha value is -4.36. The summed E-state index contributed by atoms with van der Waals surface area (Å²) in [5.74, 6) is 0.116. The zero-order chi connectivity index (χ0) is 25.2. The molecule has 7 nitrogen and oxygen atoms in total. The first-order valence-electron chi connectivity index (χ1n) is 11.3. The van der Waals surface area contributed by atoms with Crippen LogP contribution < -0.4 is 20.1 Å². The Kier molecular flexibility index (Phi) is 6.31. The van der Waals surface area contributed by atoms with Crippen LogP contribution in [-0.2, 0) is 11.2 Å². The maximum absolute atomic E-state index is 13.5. The van der Waals surface area contributed by atoms with Gasteiger partial charge in [-0.15, -0.1) is 0 Å². The summed E-state index contributed by atoms with van der Waals surface area (Å²) in [6.07, 6.45) is 1.84. The molecule has 0 bridgehead atoms. The fourth-order valence-corrected chi connectivity index (χ4v) is 4.32. The molecule has 0 spiro atoms. The molecule has 5 rings (SSSR count). The van der Waals surface area contributed by atoms with Crippen molar-refractivity contribution in [3.05, 3.63) is 118 Å². The van der Waals surface area contributed by atoms with Crippen molar-refractivity contribution in [2.24, 2.45) is 0 Å². The number of anilines is 2. The first-order valence-corrected chi connectivity index (χ1v) is 11.7. The molecule has 0 fully saturated rings. The summed E-state index contributed by atoms with van der Waals surface area (Å²) < 4.78 is 6.85. The van der Waals surface area contributed by atoms with Crippen molar-refractivity contribution in [3.63, 3.8) is 0 Å². The fraction of sp³-hybridized carbons (Fsp3) is 0.107. The Morgan fingerprint density at radius 2 is 1.64 bits per heavy atom. The van der Waals surface area contributed by atoms with E-state index in [-0.39, 0.29) is 30.5 Å². The summed E-state index contributed by atoms with van der Waals surface area (Å²) in [5, 5.41) is 0.597. The number of halogens is 1. The molecule has 0 radical (unpaired) electrons. The van der Waals surface area contributed by atoms with Crippen molar-refractivity contribution in [1.29, 1.82) is 0 Å². The molecular weight excluding hydrogens is 478 g/mol. The number of pyridine rings is 1. The van der Waals surface area contributed by atoms with Crippen LogP contribution in [0.2, 0.25) is 5.02 Å². The van der Waals surface area contributed by atoms with Crippen LogP contribution in [0.4, 0.5) is 11.4 Å². The average molecular weight is 500 g/mol. The topological polar surface area (TPSA) is 71.8 Å². The van der Waals surface area contributed by atoms with Gasteiger partial charge < -0.3 is 4.74 Å². The van der Waals surface area contributed by atoms with Crippen LogP contribution in [0.1, 0.15) is 15.9 Å². The number of fused-ring (bicyclic) bond motifs is 1. The second kappa shape index (κ2) is 9.71. The predicted molar refractivity (Wildman–Crippen MR) is 139 cm³/mol. The SMILES string of the molecule is COc1ccc2c(c1)C(=O)N(c1ccc(-n3ccccc3=O)cc1)CN2C(=O)Cc1ccc(Cl)cc1. The molecule has 8 heteroatoms. The number of hydrogen-bond donors (Lipinski definition) is 0. The molecule has 4 aromatic rings. The van der Waals surface area contributed by atoms with Crippen molar-refractivity contribution in [2.75, 3.05) is 23.6 Å². The largest absolute Gasteiger partial charge is 0.497 e. The molecule has 0 saturated heterocycles. The minimum absolute atomic E-state index is 0.0508. The molecule has 36 heavy (non-hydrogen) atoms. The van der Waals surface area contributed by atoms with Gasteiger partial charge >= 0.3 is 0 Å². The van der Waals surface area contributed by atoms with Gasteiger partial charge in [0.15, 0.2) is 0 Å². The van der Waals surface area contributed by atoms with Gasteiger partial charge in [0, 0.05) is 28.7 Å². The van der Waals surface area contributed by atoms with Gasteiger partial charge in [0.05, 0.1) is 24.8 Å². The minimum Gasteiger partial charge on any atom is -0.497 e. The second-order valence-corrected chi connectivity index (χ2v) is 8.74. The lowest BCUT2D eigenvalue weighted by Gasteiger charge is -2.37. The summed E-state index contributed by atoms with van der Waals surface area (Å²) in [7, 11) is 1.53. The lowest BCUT2D eigenvalue weighted by atomic mass is 10.0. The monoisotopic (exact) mass is 499 g/mol. The molecule has 0 unspecified atom stereocenters. The van der Waals surface area contributed by atoms with Gasteiger partial charge in [-0.2, -0.15) is 0 Å². The van der Waals surface area contributed by atoms with E-state index in [0.29, 0.717) is 33.4 Å². The number of aromatic nitrogens is 1. The zero-order valence-corrected chi connectivity index (χ0v) is 20.2. The van der Waals surface area contributed by atoms with Gasteiger partial charge in [0.1, 0.15) is 12.4 Å². The van der Waals surface area contributed by atoms with E-state index in [9.17, 15) is 14.4 Å². The van der Waals surface area contributed by atoms with Gasteiger partial charge in [-0.1, -0.05) is 29.8 Å². The highest BCUT2D eigenvalue weighted by Crippen LogP contribution is 2.34. The Balaban J connectivity index is 1.50. The Labute approximate surface area is 212 Å². The van der Waals surface area contributed by atoms with Crippen LogP contribution in [0.15, 0.2) is 95.9 Å². The van der Waals surface area contributed by atoms with E-state index in [1.165, 1.54) is 17.7 Å². The van der Waals surface area contributed by atoms with Crippen LogP contribution in [0, 0.1) is 0 Å². The van der Waals surface area contributed by atoms with E-state index in [1.807, 2.05) is 12.1 Å². The summed E-state index contributed by atoms with van der Waals surface area (Å²) in [5.41, 5.74) is 2.84. The summed E-state index contributed by atoms with van der Waals surface area (Å²) in [6, 6.07) is 24.2. The molecule has 180 valence electrons. The van der Waals surface area contributed by atoms with E-state index in [0.717, 1.165) is 5.56 Å². The third-order valence-corrected chi connectivity index (χ3v) is 6.34. The van der Waals surface area contributed by atoms with Crippen LogP contribution in [0.25, 0.3) is 5.69 Å². The smallest absolute Gasteiger partial charge is 0.262 e. The van der Waals surface area contributed by atoms with Gasteiger partial charge in [0.2, 0.25) is 5.91 Å². The van der Waals surface area contributed by atoms with E-state index < -0.39 is 0 Å². The molecule has 1 aromatic heterocycles. The van der Waals surface area contributed by atoms with Crippen LogP contribution in [0.3, 0.4) is 0 Å². The number of rotatable bonds is 5. The summed E-state index contributed by atoms with van der Waals surface area (Å²) >= 11 is 5.98. The lowest BCUT2D eigenvalue weighted by Crippen LogP contribution is -2.50. The van der Waals surface area contributed by atoms with Crippen molar-refractivity contribution < 1.29 is 14.3 Å². The van der Waals surface area contributed by atoms with Crippen LogP contribution in [0.5, 0.6) is 5.75 Å². The lowest BCUT2D eigenvalue weighted by molar-refractivity contribution is -0.118. The molecule has 0 atom stereocenters. The number of hydrogen-bond acceptors (Lipinski definition) is 4. The van der Waals surface area contributed by atoms with Crippen molar-refractivity contribution in [1.82, 2.24) is 4.57 Å². The number of carbonyl (C=O) groups excluding carboxylic acids is 2. The quantitative estimate of drug-likeness (QED) is 0.399. The number of methoxy groups -OCH3 is 1. The zero-order valence-electron chi connectivity index (χ0n) is 19.4. The number of carbonyl (C=O) groups is 2. The maximum atomic E-state index is 13.5. The molecule has 0 N–H and O–H groups in total. The van der Waals surface area contributed by atoms with Crippen LogP contribution >= 0.6 is 11.6 Å². The van der Waals surface area contributed by atoms with Gasteiger partial charge in [-0.3, -0.25) is 28.8 Å². The number of ether oxygens (including phenoxy) is 1.